The predicted molar refractivity (Wildman–Crippen MR) is 70.1 cm³/mol. The van der Waals surface area contributed by atoms with Crippen LogP contribution in [0.15, 0.2) is 30.5 Å². The maximum atomic E-state index is 4.54. The number of hydrogen-bond acceptors (Lipinski definition) is 5. The lowest BCUT2D eigenvalue weighted by atomic mass is 10.1. The molecule has 0 aliphatic heterocycles. The molecule has 0 fully saturated rings. The van der Waals surface area contributed by atoms with Crippen LogP contribution in [-0.2, 0) is 0 Å². The van der Waals surface area contributed by atoms with E-state index in [2.05, 4.69) is 30.6 Å². The van der Waals surface area contributed by atoms with Gasteiger partial charge in [-0.15, -0.1) is 10.2 Å². The average molecular weight is 252 g/mol. The monoisotopic (exact) mass is 252 g/mol. The summed E-state index contributed by atoms with van der Waals surface area (Å²) in [6.45, 7) is 4.03. The Morgan fingerprint density at radius 3 is 2.47 bits per heavy atom. The predicted octanol–water partition coefficient (Wildman–Crippen LogP) is 1.94. The Morgan fingerprint density at radius 2 is 1.74 bits per heavy atom. The van der Waals surface area contributed by atoms with Gasteiger partial charge in [-0.05, 0) is 54.5 Å². The minimum atomic E-state index is 0.484. The average Bonchev–Trinajstić information content (AvgIpc) is 2.92. The first kappa shape index (κ1) is 11.5. The molecule has 3 heterocycles. The molecule has 3 rings (SSSR count). The number of aromatic amines is 1. The highest BCUT2D eigenvalue weighted by Crippen LogP contribution is 2.21. The minimum absolute atomic E-state index is 0.484. The molecule has 0 saturated heterocycles. The molecular formula is C13H12N6. The van der Waals surface area contributed by atoms with Gasteiger partial charge in [-0.1, -0.05) is 0 Å². The minimum Gasteiger partial charge on any atom is -0.255 e. The highest BCUT2D eigenvalue weighted by Gasteiger charge is 2.09. The second-order valence-electron chi connectivity index (χ2n) is 4.37. The number of rotatable bonds is 2. The van der Waals surface area contributed by atoms with Crippen LogP contribution in [0.25, 0.3) is 22.9 Å². The van der Waals surface area contributed by atoms with Crippen LogP contribution in [0, 0.1) is 13.8 Å². The molecule has 94 valence electrons. The van der Waals surface area contributed by atoms with E-state index in [9.17, 15) is 0 Å². The summed E-state index contributed by atoms with van der Waals surface area (Å²) in [6, 6.07) is 7.87. The zero-order chi connectivity index (χ0) is 13.2. The Kier molecular flexibility index (Phi) is 2.75. The number of nitrogens with one attached hydrogen (secondary N) is 1. The van der Waals surface area contributed by atoms with Crippen molar-refractivity contribution in [3.63, 3.8) is 0 Å². The van der Waals surface area contributed by atoms with Crippen molar-refractivity contribution in [1.29, 1.82) is 0 Å². The Morgan fingerprint density at radius 1 is 0.947 bits per heavy atom. The molecule has 0 radical (unpaired) electrons. The topological polar surface area (TPSA) is 80.2 Å². The third-order valence-electron chi connectivity index (χ3n) is 2.72. The highest BCUT2D eigenvalue weighted by molar-refractivity contribution is 5.61. The first-order valence-corrected chi connectivity index (χ1v) is 5.88. The highest BCUT2D eigenvalue weighted by atomic mass is 15.5. The van der Waals surface area contributed by atoms with Gasteiger partial charge in [0.2, 0.25) is 5.82 Å². The summed E-state index contributed by atoms with van der Waals surface area (Å²) < 4.78 is 0. The van der Waals surface area contributed by atoms with Crippen molar-refractivity contribution in [2.45, 2.75) is 13.8 Å². The lowest BCUT2D eigenvalue weighted by Gasteiger charge is -2.04. The van der Waals surface area contributed by atoms with Gasteiger partial charge in [-0.2, -0.15) is 5.21 Å². The van der Waals surface area contributed by atoms with E-state index in [1.807, 2.05) is 38.1 Å². The van der Waals surface area contributed by atoms with Crippen LogP contribution in [0.4, 0.5) is 0 Å². The molecule has 3 aromatic rings. The zero-order valence-corrected chi connectivity index (χ0v) is 10.6. The molecule has 0 unspecified atom stereocenters. The third kappa shape index (κ3) is 2.33. The SMILES string of the molecule is Cc1ccnc(-c2cc(C)cc(-c3nn[nH]n3)n2)c1. The van der Waals surface area contributed by atoms with Gasteiger partial charge < -0.3 is 0 Å². The second-order valence-corrected chi connectivity index (χ2v) is 4.37. The molecule has 0 spiro atoms. The molecule has 1 N–H and O–H groups in total. The maximum absolute atomic E-state index is 4.54. The summed E-state index contributed by atoms with van der Waals surface area (Å²) in [5.41, 5.74) is 4.56. The zero-order valence-electron chi connectivity index (χ0n) is 10.6. The molecule has 0 aliphatic carbocycles. The second kappa shape index (κ2) is 4.56. The van der Waals surface area contributed by atoms with Crippen LogP contribution in [-0.4, -0.2) is 30.6 Å². The van der Waals surface area contributed by atoms with E-state index in [4.69, 9.17) is 0 Å². The molecule has 0 amide bonds. The standard InChI is InChI=1S/C13H12N6/c1-8-3-4-14-10(5-8)11-6-9(2)7-12(15-11)13-16-18-19-17-13/h3-7H,1-2H3,(H,16,17,18,19). The van der Waals surface area contributed by atoms with Crippen LogP contribution in [0.3, 0.4) is 0 Å². The molecule has 0 atom stereocenters. The lowest BCUT2D eigenvalue weighted by molar-refractivity contribution is 0.881. The van der Waals surface area contributed by atoms with Crippen molar-refractivity contribution in [2.75, 3.05) is 0 Å². The summed E-state index contributed by atoms with van der Waals surface area (Å²) >= 11 is 0. The van der Waals surface area contributed by atoms with E-state index >= 15 is 0 Å². The fourth-order valence-corrected chi connectivity index (χ4v) is 1.86. The molecule has 0 aromatic carbocycles. The summed E-state index contributed by atoms with van der Waals surface area (Å²) in [4.78, 5) is 8.89. The van der Waals surface area contributed by atoms with Gasteiger partial charge in [0.25, 0.3) is 0 Å². The van der Waals surface area contributed by atoms with E-state index in [-0.39, 0.29) is 0 Å². The first-order chi connectivity index (χ1) is 9.22. The van der Waals surface area contributed by atoms with Crippen molar-refractivity contribution < 1.29 is 0 Å². The number of hydrogen-bond donors (Lipinski definition) is 1. The van der Waals surface area contributed by atoms with Crippen molar-refractivity contribution in [2.24, 2.45) is 0 Å². The van der Waals surface area contributed by atoms with E-state index < -0.39 is 0 Å². The van der Waals surface area contributed by atoms with Gasteiger partial charge in [0.1, 0.15) is 5.69 Å². The molecule has 19 heavy (non-hydrogen) atoms. The van der Waals surface area contributed by atoms with Gasteiger partial charge in [0.15, 0.2) is 0 Å². The summed E-state index contributed by atoms with van der Waals surface area (Å²) in [5, 5.41) is 13.9. The Hall–Kier alpha value is -2.63. The van der Waals surface area contributed by atoms with Crippen LogP contribution >= 0.6 is 0 Å². The molecule has 6 heteroatoms. The number of H-pyrrole nitrogens is 1. The molecule has 6 nitrogen and oxygen atoms in total. The van der Waals surface area contributed by atoms with Crippen LogP contribution in [0.5, 0.6) is 0 Å². The smallest absolute Gasteiger partial charge is 0.222 e. The Labute approximate surface area is 109 Å². The molecule has 0 saturated carbocycles. The van der Waals surface area contributed by atoms with Gasteiger partial charge in [0.05, 0.1) is 11.4 Å². The molecule has 0 aliphatic rings. The Bertz CT molecular complexity index is 705. The number of pyridine rings is 2. The number of aryl methyl sites for hydroxylation is 2. The maximum Gasteiger partial charge on any atom is 0.222 e. The lowest BCUT2D eigenvalue weighted by Crippen LogP contribution is -1.94. The van der Waals surface area contributed by atoms with E-state index in [1.165, 1.54) is 0 Å². The molecular weight excluding hydrogens is 240 g/mol. The van der Waals surface area contributed by atoms with Crippen LogP contribution < -0.4 is 0 Å². The van der Waals surface area contributed by atoms with E-state index in [0.717, 1.165) is 22.5 Å². The summed E-state index contributed by atoms with van der Waals surface area (Å²) in [5.74, 6) is 0.484. The number of tetrazole rings is 1. The summed E-state index contributed by atoms with van der Waals surface area (Å²) in [6.07, 6.45) is 1.78. The van der Waals surface area contributed by atoms with Gasteiger partial charge in [-0.25, -0.2) is 4.98 Å². The fourth-order valence-electron chi connectivity index (χ4n) is 1.86. The molecule has 3 aromatic heterocycles. The van der Waals surface area contributed by atoms with Crippen molar-refractivity contribution in [1.82, 2.24) is 30.6 Å². The van der Waals surface area contributed by atoms with Crippen LogP contribution in [0.2, 0.25) is 0 Å². The third-order valence-corrected chi connectivity index (χ3v) is 2.72. The number of aromatic nitrogens is 6. The van der Waals surface area contributed by atoms with Crippen molar-refractivity contribution in [3.8, 4) is 22.9 Å². The molecule has 0 bridgehead atoms. The van der Waals surface area contributed by atoms with Crippen LogP contribution in [0.1, 0.15) is 11.1 Å². The first-order valence-electron chi connectivity index (χ1n) is 5.88. The largest absolute Gasteiger partial charge is 0.255 e. The fraction of sp³-hybridized carbons (Fsp3) is 0.154. The quantitative estimate of drug-likeness (QED) is 0.753. The van der Waals surface area contributed by atoms with E-state index in [0.29, 0.717) is 11.5 Å². The normalized spacial score (nSPS) is 10.6. The van der Waals surface area contributed by atoms with Crippen molar-refractivity contribution >= 4 is 0 Å². The Balaban J connectivity index is 2.12. The van der Waals surface area contributed by atoms with Gasteiger partial charge >= 0.3 is 0 Å². The summed E-state index contributed by atoms with van der Waals surface area (Å²) in [7, 11) is 0. The van der Waals surface area contributed by atoms with Gasteiger partial charge in [-0.3, -0.25) is 4.98 Å². The number of nitrogens with zero attached hydrogens (tertiary/aromatic N) is 5. The van der Waals surface area contributed by atoms with E-state index in [1.54, 1.807) is 6.20 Å². The van der Waals surface area contributed by atoms with Crippen molar-refractivity contribution in [3.05, 3.63) is 41.6 Å². The van der Waals surface area contributed by atoms with Gasteiger partial charge in [0, 0.05) is 6.20 Å².